The Morgan fingerprint density at radius 2 is 1.95 bits per heavy atom. The zero-order chi connectivity index (χ0) is 15.1. The van der Waals surface area contributed by atoms with Crippen LogP contribution in [0.15, 0.2) is 0 Å². The Labute approximate surface area is 125 Å². The van der Waals surface area contributed by atoms with Crippen LogP contribution in [-0.2, 0) is 9.53 Å². The van der Waals surface area contributed by atoms with Crippen LogP contribution in [0.3, 0.4) is 0 Å². The summed E-state index contributed by atoms with van der Waals surface area (Å²) in [4.78, 5) is 22.8. The van der Waals surface area contributed by atoms with Crippen LogP contribution in [0.5, 0.6) is 0 Å². The van der Waals surface area contributed by atoms with Crippen molar-refractivity contribution in [3.8, 4) is 0 Å². The predicted molar refractivity (Wildman–Crippen MR) is 78.1 cm³/mol. The van der Waals surface area contributed by atoms with E-state index in [0.717, 1.165) is 44.6 Å². The van der Waals surface area contributed by atoms with Crippen LogP contribution in [0.25, 0.3) is 0 Å². The Hall–Kier alpha value is -1.30. The van der Waals surface area contributed by atoms with Crippen LogP contribution in [-0.4, -0.2) is 42.4 Å². The second-order valence-corrected chi connectivity index (χ2v) is 6.31. The predicted octanol–water partition coefficient (Wildman–Crippen LogP) is 1.89. The Balaban J connectivity index is 1.59. The number of carbonyl (C=O) groups excluding carboxylic acids is 1. The van der Waals surface area contributed by atoms with E-state index < -0.39 is 11.5 Å². The summed E-state index contributed by atoms with van der Waals surface area (Å²) in [6.45, 7) is 2.06. The number of hydrogen-bond acceptors (Lipinski definition) is 3. The molecular formula is C15H26N2O4. The summed E-state index contributed by atoms with van der Waals surface area (Å²) >= 11 is 0. The summed E-state index contributed by atoms with van der Waals surface area (Å²) in [6.07, 6.45) is 6.80. The molecule has 21 heavy (non-hydrogen) atoms. The fraction of sp³-hybridized carbons (Fsp3) is 0.867. The molecule has 0 aromatic heterocycles. The van der Waals surface area contributed by atoms with E-state index in [4.69, 9.17) is 9.84 Å². The van der Waals surface area contributed by atoms with Gasteiger partial charge in [-0.3, -0.25) is 4.79 Å². The number of ether oxygens (including phenoxy) is 1. The molecule has 0 aromatic carbocycles. The van der Waals surface area contributed by atoms with Crippen LogP contribution in [0.2, 0.25) is 0 Å². The van der Waals surface area contributed by atoms with Gasteiger partial charge in [-0.15, -0.1) is 0 Å². The maximum absolute atomic E-state index is 11.9. The second kappa shape index (κ2) is 7.64. The standard InChI is InChI=1S/C15H26N2O4/c18-13(19)10-15(6-1-2-7-15)17-14(20)16-8-3-9-21-11-12-4-5-12/h12H,1-11H2,(H,18,19)(H2,16,17,20). The summed E-state index contributed by atoms with van der Waals surface area (Å²) in [6, 6.07) is -0.264. The Morgan fingerprint density at radius 3 is 2.57 bits per heavy atom. The number of rotatable bonds is 9. The summed E-state index contributed by atoms with van der Waals surface area (Å²) in [5.41, 5.74) is -0.557. The first-order chi connectivity index (χ1) is 10.1. The number of carboxylic acid groups (broad SMARTS) is 1. The number of urea groups is 1. The normalized spacial score (nSPS) is 20.2. The van der Waals surface area contributed by atoms with Gasteiger partial charge >= 0.3 is 12.0 Å². The van der Waals surface area contributed by atoms with E-state index in [0.29, 0.717) is 13.2 Å². The first kappa shape index (κ1) is 16.1. The molecule has 6 heteroatoms. The van der Waals surface area contributed by atoms with E-state index in [1.807, 2.05) is 0 Å². The number of carboxylic acids is 1. The molecular weight excluding hydrogens is 272 g/mol. The van der Waals surface area contributed by atoms with Crippen molar-refractivity contribution >= 4 is 12.0 Å². The molecule has 6 nitrogen and oxygen atoms in total. The van der Waals surface area contributed by atoms with Gasteiger partial charge in [0.2, 0.25) is 0 Å². The van der Waals surface area contributed by atoms with Crippen LogP contribution >= 0.6 is 0 Å². The molecule has 120 valence electrons. The molecule has 0 aliphatic heterocycles. The summed E-state index contributed by atoms with van der Waals surface area (Å²) in [5, 5.41) is 14.6. The van der Waals surface area contributed by atoms with Crippen molar-refractivity contribution in [3.63, 3.8) is 0 Å². The first-order valence-corrected chi connectivity index (χ1v) is 7.95. The van der Waals surface area contributed by atoms with Crippen LogP contribution in [0.4, 0.5) is 4.79 Å². The van der Waals surface area contributed by atoms with Gasteiger partial charge in [-0.1, -0.05) is 12.8 Å². The van der Waals surface area contributed by atoms with Gasteiger partial charge in [0.05, 0.1) is 12.0 Å². The van der Waals surface area contributed by atoms with E-state index >= 15 is 0 Å². The van der Waals surface area contributed by atoms with E-state index in [2.05, 4.69) is 10.6 Å². The van der Waals surface area contributed by atoms with Gasteiger partial charge in [-0.05, 0) is 38.0 Å². The monoisotopic (exact) mass is 298 g/mol. The molecule has 0 saturated heterocycles. The fourth-order valence-corrected chi connectivity index (χ4v) is 2.88. The van der Waals surface area contributed by atoms with Crippen molar-refractivity contribution in [3.05, 3.63) is 0 Å². The minimum absolute atomic E-state index is 0.00488. The maximum Gasteiger partial charge on any atom is 0.315 e. The SMILES string of the molecule is O=C(O)CC1(NC(=O)NCCCOCC2CC2)CCCC1. The van der Waals surface area contributed by atoms with Gasteiger partial charge < -0.3 is 20.5 Å². The van der Waals surface area contributed by atoms with Crippen molar-refractivity contribution < 1.29 is 19.4 Å². The highest BCUT2D eigenvalue weighted by atomic mass is 16.5. The maximum atomic E-state index is 11.9. The zero-order valence-corrected chi connectivity index (χ0v) is 12.5. The van der Waals surface area contributed by atoms with Gasteiger partial charge in [0.25, 0.3) is 0 Å². The highest BCUT2D eigenvalue weighted by molar-refractivity contribution is 5.76. The van der Waals surface area contributed by atoms with E-state index in [1.54, 1.807) is 0 Å². The minimum Gasteiger partial charge on any atom is -0.481 e. The van der Waals surface area contributed by atoms with E-state index in [1.165, 1.54) is 12.8 Å². The average molecular weight is 298 g/mol. The molecule has 2 amide bonds. The Morgan fingerprint density at radius 1 is 1.24 bits per heavy atom. The minimum atomic E-state index is -0.856. The molecule has 2 saturated carbocycles. The highest BCUT2D eigenvalue weighted by Crippen LogP contribution is 2.32. The van der Waals surface area contributed by atoms with Gasteiger partial charge in [0.1, 0.15) is 0 Å². The van der Waals surface area contributed by atoms with Gasteiger partial charge in [0.15, 0.2) is 0 Å². The van der Waals surface area contributed by atoms with Crippen LogP contribution in [0.1, 0.15) is 51.4 Å². The quantitative estimate of drug-likeness (QED) is 0.567. The summed E-state index contributed by atoms with van der Waals surface area (Å²) < 4.78 is 5.50. The third-order valence-electron chi connectivity index (χ3n) is 4.23. The molecule has 0 radical (unpaired) electrons. The van der Waals surface area contributed by atoms with Crippen molar-refractivity contribution in [1.29, 1.82) is 0 Å². The van der Waals surface area contributed by atoms with Crippen molar-refractivity contribution in [2.24, 2.45) is 5.92 Å². The molecule has 3 N–H and O–H groups in total. The average Bonchev–Trinajstić information content (AvgIpc) is 3.13. The number of amides is 2. The van der Waals surface area contributed by atoms with Crippen molar-refractivity contribution in [1.82, 2.24) is 10.6 Å². The molecule has 2 aliphatic rings. The molecule has 0 aromatic rings. The number of carbonyl (C=O) groups is 2. The molecule has 2 rings (SSSR count). The van der Waals surface area contributed by atoms with Crippen LogP contribution in [0, 0.1) is 5.92 Å². The topological polar surface area (TPSA) is 87.7 Å². The Kier molecular flexibility index (Phi) is 5.85. The third-order valence-corrected chi connectivity index (χ3v) is 4.23. The second-order valence-electron chi connectivity index (χ2n) is 6.31. The fourth-order valence-electron chi connectivity index (χ4n) is 2.88. The van der Waals surface area contributed by atoms with E-state index in [-0.39, 0.29) is 12.5 Å². The lowest BCUT2D eigenvalue weighted by Crippen LogP contribution is -2.51. The smallest absolute Gasteiger partial charge is 0.315 e. The molecule has 0 bridgehead atoms. The molecule has 2 aliphatic carbocycles. The lowest BCUT2D eigenvalue weighted by Gasteiger charge is -2.28. The largest absolute Gasteiger partial charge is 0.481 e. The molecule has 0 heterocycles. The number of nitrogens with one attached hydrogen (secondary N) is 2. The van der Waals surface area contributed by atoms with E-state index in [9.17, 15) is 9.59 Å². The number of hydrogen-bond donors (Lipinski definition) is 3. The lowest BCUT2D eigenvalue weighted by atomic mass is 9.93. The summed E-state index contributed by atoms with van der Waals surface area (Å²) in [5.74, 6) is -0.0924. The van der Waals surface area contributed by atoms with Crippen molar-refractivity contribution in [2.75, 3.05) is 19.8 Å². The first-order valence-electron chi connectivity index (χ1n) is 7.95. The molecule has 0 atom stereocenters. The highest BCUT2D eigenvalue weighted by Gasteiger charge is 2.37. The Bertz CT molecular complexity index is 363. The number of aliphatic carboxylic acids is 1. The van der Waals surface area contributed by atoms with Gasteiger partial charge in [-0.2, -0.15) is 0 Å². The molecule has 2 fully saturated rings. The molecule has 0 unspecified atom stereocenters. The van der Waals surface area contributed by atoms with Gasteiger partial charge in [0, 0.05) is 19.8 Å². The summed E-state index contributed by atoms with van der Waals surface area (Å²) in [7, 11) is 0. The van der Waals surface area contributed by atoms with Crippen molar-refractivity contribution in [2.45, 2.75) is 56.9 Å². The van der Waals surface area contributed by atoms with Gasteiger partial charge in [-0.25, -0.2) is 4.79 Å². The molecule has 0 spiro atoms. The van der Waals surface area contributed by atoms with Crippen LogP contribution < -0.4 is 10.6 Å². The third kappa shape index (κ3) is 5.91. The zero-order valence-electron chi connectivity index (χ0n) is 12.5. The lowest BCUT2D eigenvalue weighted by molar-refractivity contribution is -0.138.